The summed E-state index contributed by atoms with van der Waals surface area (Å²) in [7, 11) is 0. The van der Waals surface area contributed by atoms with Crippen LogP contribution in [0.3, 0.4) is 0 Å². The SMILES string of the molecule is O=C(O)CCCn1c(-c2cccs2)nc2cc(Cl)cnc21. The molecule has 0 aliphatic rings. The highest BCUT2D eigenvalue weighted by Crippen LogP contribution is 2.28. The molecule has 0 fully saturated rings. The van der Waals surface area contributed by atoms with Crippen LogP contribution in [0.25, 0.3) is 21.9 Å². The molecule has 7 heteroatoms. The van der Waals surface area contributed by atoms with Crippen LogP contribution in [0.1, 0.15) is 12.8 Å². The van der Waals surface area contributed by atoms with Gasteiger partial charge in [-0.25, -0.2) is 9.97 Å². The summed E-state index contributed by atoms with van der Waals surface area (Å²) < 4.78 is 1.96. The van der Waals surface area contributed by atoms with E-state index in [1.807, 2.05) is 22.1 Å². The first-order valence-electron chi connectivity index (χ1n) is 6.42. The lowest BCUT2D eigenvalue weighted by Crippen LogP contribution is -2.04. The van der Waals surface area contributed by atoms with Gasteiger partial charge in [0.15, 0.2) is 11.5 Å². The Balaban J connectivity index is 2.05. The van der Waals surface area contributed by atoms with Crippen molar-refractivity contribution in [2.45, 2.75) is 19.4 Å². The monoisotopic (exact) mass is 321 g/mol. The molecule has 0 saturated carbocycles. The molecule has 3 rings (SSSR count). The summed E-state index contributed by atoms with van der Waals surface area (Å²) in [4.78, 5) is 20.6. The van der Waals surface area contributed by atoms with Gasteiger partial charge in [0, 0.05) is 19.2 Å². The zero-order valence-corrected chi connectivity index (χ0v) is 12.6. The molecule has 0 amide bonds. The predicted octanol–water partition coefficient (Wildman–Crippen LogP) is 3.68. The minimum absolute atomic E-state index is 0.122. The number of pyridine rings is 1. The molecule has 5 nitrogen and oxygen atoms in total. The van der Waals surface area contributed by atoms with Gasteiger partial charge in [-0.05, 0) is 23.9 Å². The van der Waals surface area contributed by atoms with Crippen LogP contribution in [0, 0.1) is 0 Å². The van der Waals surface area contributed by atoms with Gasteiger partial charge in [-0.1, -0.05) is 17.7 Å². The molecule has 0 bridgehead atoms. The maximum Gasteiger partial charge on any atom is 0.303 e. The number of imidazole rings is 1. The third-order valence-corrected chi connectivity index (χ3v) is 4.14. The van der Waals surface area contributed by atoms with Gasteiger partial charge in [0.05, 0.1) is 9.90 Å². The van der Waals surface area contributed by atoms with Crippen LogP contribution in [0.4, 0.5) is 0 Å². The molecule has 0 aromatic carbocycles. The van der Waals surface area contributed by atoms with E-state index in [4.69, 9.17) is 16.7 Å². The van der Waals surface area contributed by atoms with Crippen LogP contribution in [-0.2, 0) is 11.3 Å². The lowest BCUT2D eigenvalue weighted by molar-refractivity contribution is -0.137. The highest BCUT2D eigenvalue weighted by atomic mass is 35.5. The average molecular weight is 322 g/mol. The highest BCUT2D eigenvalue weighted by Gasteiger charge is 2.15. The number of aryl methyl sites for hydroxylation is 1. The summed E-state index contributed by atoms with van der Waals surface area (Å²) in [6.45, 7) is 0.560. The van der Waals surface area contributed by atoms with Crippen LogP contribution in [0.15, 0.2) is 29.8 Å². The Labute approximate surface area is 129 Å². The predicted molar refractivity (Wildman–Crippen MR) is 82.7 cm³/mol. The van der Waals surface area contributed by atoms with Crippen molar-refractivity contribution >= 4 is 40.1 Å². The van der Waals surface area contributed by atoms with E-state index in [-0.39, 0.29) is 6.42 Å². The number of carbonyl (C=O) groups is 1. The average Bonchev–Trinajstić information content (AvgIpc) is 3.05. The summed E-state index contributed by atoms with van der Waals surface area (Å²) in [6.07, 6.45) is 2.23. The molecule has 108 valence electrons. The van der Waals surface area contributed by atoms with Gasteiger partial charge in [-0.2, -0.15) is 0 Å². The first kappa shape index (κ1) is 14.0. The second-order valence-electron chi connectivity index (χ2n) is 4.56. The standard InChI is InChI=1S/C14H12ClN3O2S/c15-9-7-10-13(16-8-9)18(5-1-4-12(19)20)14(17-10)11-3-2-6-21-11/h2-3,6-8H,1,4-5H2,(H,19,20). The van der Waals surface area contributed by atoms with Crippen molar-refractivity contribution in [3.63, 3.8) is 0 Å². The van der Waals surface area contributed by atoms with Crippen molar-refractivity contribution in [1.82, 2.24) is 14.5 Å². The zero-order valence-electron chi connectivity index (χ0n) is 11.0. The Kier molecular flexibility index (Phi) is 3.90. The maximum absolute atomic E-state index is 10.7. The summed E-state index contributed by atoms with van der Waals surface area (Å²) in [6, 6.07) is 5.72. The summed E-state index contributed by atoms with van der Waals surface area (Å²) in [5.41, 5.74) is 1.45. The number of hydrogen-bond acceptors (Lipinski definition) is 4. The van der Waals surface area contributed by atoms with Crippen LogP contribution in [0.5, 0.6) is 0 Å². The summed E-state index contributed by atoms with van der Waals surface area (Å²) >= 11 is 7.55. The molecular formula is C14H12ClN3O2S. The van der Waals surface area contributed by atoms with Gasteiger partial charge in [0.1, 0.15) is 5.52 Å². The molecule has 0 aliphatic heterocycles. The minimum Gasteiger partial charge on any atom is -0.481 e. The van der Waals surface area contributed by atoms with E-state index in [9.17, 15) is 4.79 Å². The van der Waals surface area contributed by atoms with E-state index in [1.165, 1.54) is 0 Å². The van der Waals surface area contributed by atoms with E-state index >= 15 is 0 Å². The van der Waals surface area contributed by atoms with Crippen molar-refractivity contribution in [2.24, 2.45) is 0 Å². The van der Waals surface area contributed by atoms with E-state index in [1.54, 1.807) is 23.6 Å². The number of fused-ring (bicyclic) bond motifs is 1. The number of carboxylic acid groups (broad SMARTS) is 1. The fourth-order valence-electron chi connectivity index (χ4n) is 2.18. The number of nitrogens with zero attached hydrogens (tertiary/aromatic N) is 3. The molecule has 1 N–H and O–H groups in total. The van der Waals surface area contributed by atoms with Gasteiger partial charge in [0.2, 0.25) is 0 Å². The van der Waals surface area contributed by atoms with Crippen molar-refractivity contribution in [2.75, 3.05) is 0 Å². The van der Waals surface area contributed by atoms with E-state index < -0.39 is 5.97 Å². The maximum atomic E-state index is 10.7. The number of hydrogen-bond donors (Lipinski definition) is 1. The molecule has 0 radical (unpaired) electrons. The van der Waals surface area contributed by atoms with Crippen LogP contribution in [0.2, 0.25) is 5.02 Å². The van der Waals surface area contributed by atoms with Crippen molar-refractivity contribution in [1.29, 1.82) is 0 Å². The molecule has 3 aromatic rings. The Morgan fingerprint density at radius 1 is 1.48 bits per heavy atom. The molecular weight excluding hydrogens is 310 g/mol. The lowest BCUT2D eigenvalue weighted by atomic mass is 10.3. The Hall–Kier alpha value is -1.92. The Morgan fingerprint density at radius 3 is 3.05 bits per heavy atom. The number of halogens is 1. The molecule has 0 saturated heterocycles. The van der Waals surface area contributed by atoms with Gasteiger partial charge >= 0.3 is 5.97 Å². The molecule has 3 heterocycles. The number of aliphatic carboxylic acids is 1. The Bertz CT molecular complexity index is 783. The molecule has 3 aromatic heterocycles. The smallest absolute Gasteiger partial charge is 0.303 e. The Morgan fingerprint density at radius 2 is 2.33 bits per heavy atom. The van der Waals surface area contributed by atoms with Crippen LogP contribution in [-0.4, -0.2) is 25.6 Å². The van der Waals surface area contributed by atoms with Gasteiger partial charge in [-0.3, -0.25) is 4.79 Å². The first-order valence-corrected chi connectivity index (χ1v) is 7.68. The number of aromatic nitrogens is 3. The van der Waals surface area contributed by atoms with Crippen molar-refractivity contribution < 1.29 is 9.90 Å². The van der Waals surface area contributed by atoms with Crippen LogP contribution >= 0.6 is 22.9 Å². The summed E-state index contributed by atoms with van der Waals surface area (Å²) in [5.74, 6) is 0.00764. The molecule has 21 heavy (non-hydrogen) atoms. The topological polar surface area (TPSA) is 68.0 Å². The number of thiophene rings is 1. The van der Waals surface area contributed by atoms with Gasteiger partial charge in [0.25, 0.3) is 0 Å². The highest BCUT2D eigenvalue weighted by molar-refractivity contribution is 7.13. The number of carboxylic acids is 1. The largest absolute Gasteiger partial charge is 0.481 e. The number of rotatable bonds is 5. The van der Waals surface area contributed by atoms with E-state index in [0.29, 0.717) is 18.0 Å². The lowest BCUT2D eigenvalue weighted by Gasteiger charge is -2.06. The first-order chi connectivity index (χ1) is 10.1. The van der Waals surface area contributed by atoms with E-state index in [2.05, 4.69) is 9.97 Å². The molecule has 0 atom stereocenters. The minimum atomic E-state index is -0.798. The van der Waals surface area contributed by atoms with Crippen LogP contribution < -0.4 is 0 Å². The zero-order chi connectivity index (χ0) is 14.8. The van der Waals surface area contributed by atoms with Crippen molar-refractivity contribution in [3.8, 4) is 10.7 Å². The normalized spacial score (nSPS) is 11.1. The molecule has 0 unspecified atom stereocenters. The van der Waals surface area contributed by atoms with Gasteiger partial charge < -0.3 is 9.67 Å². The van der Waals surface area contributed by atoms with E-state index in [0.717, 1.165) is 21.9 Å². The van der Waals surface area contributed by atoms with Crippen molar-refractivity contribution in [3.05, 3.63) is 34.8 Å². The fourth-order valence-corrected chi connectivity index (χ4v) is 3.05. The third-order valence-electron chi connectivity index (χ3n) is 3.07. The summed E-state index contributed by atoms with van der Waals surface area (Å²) in [5, 5.41) is 11.3. The molecule has 0 aliphatic carbocycles. The quantitative estimate of drug-likeness (QED) is 0.778. The second-order valence-corrected chi connectivity index (χ2v) is 5.94. The molecule has 0 spiro atoms. The van der Waals surface area contributed by atoms with Gasteiger partial charge in [-0.15, -0.1) is 11.3 Å². The second kappa shape index (κ2) is 5.83. The third kappa shape index (κ3) is 2.91. The fraction of sp³-hybridized carbons (Fsp3) is 0.214.